The quantitative estimate of drug-likeness (QED) is 0.647. The third kappa shape index (κ3) is 5.00. The highest BCUT2D eigenvalue weighted by Crippen LogP contribution is 2.22. The van der Waals surface area contributed by atoms with Crippen molar-refractivity contribution in [2.45, 2.75) is 13.3 Å². The number of benzene rings is 2. The monoisotopic (exact) mass is 332 g/mol. The first kappa shape index (κ1) is 16.8. The van der Waals surface area contributed by atoms with Crippen molar-refractivity contribution in [3.63, 3.8) is 0 Å². The van der Waals surface area contributed by atoms with E-state index in [9.17, 15) is 9.90 Å². The van der Waals surface area contributed by atoms with Gasteiger partial charge in [0.25, 0.3) is 0 Å². The number of nitrogens with zero attached hydrogens (tertiary/aromatic N) is 1. The number of hydrogen-bond acceptors (Lipinski definition) is 4. The molecule has 6 heteroatoms. The summed E-state index contributed by atoms with van der Waals surface area (Å²) in [6, 6.07) is 12.8. The van der Waals surface area contributed by atoms with E-state index in [4.69, 9.17) is 11.6 Å². The molecule has 0 aliphatic heterocycles. The van der Waals surface area contributed by atoms with Crippen molar-refractivity contribution in [2.75, 3.05) is 6.61 Å². The Kier molecular flexibility index (Phi) is 6.00. The Morgan fingerprint density at radius 3 is 2.87 bits per heavy atom. The first-order chi connectivity index (χ1) is 11.1. The summed E-state index contributed by atoms with van der Waals surface area (Å²) in [7, 11) is 0. The van der Waals surface area contributed by atoms with Crippen LogP contribution in [0.4, 0.5) is 4.79 Å². The maximum Gasteiger partial charge on any atom is 0.427 e. The molecule has 0 saturated heterocycles. The third-order valence-corrected chi connectivity index (χ3v) is 3.45. The Bertz CT molecular complexity index is 717. The Labute approximate surface area is 139 Å². The highest BCUT2D eigenvalue weighted by molar-refractivity contribution is 6.31. The van der Waals surface area contributed by atoms with Crippen LogP contribution < -0.4 is 5.43 Å². The molecule has 0 radical (unpaired) electrons. The molecule has 2 N–H and O–H groups in total. The van der Waals surface area contributed by atoms with Gasteiger partial charge in [-0.25, -0.2) is 10.2 Å². The lowest BCUT2D eigenvalue weighted by atomic mass is 10.0. The number of rotatable bonds is 5. The van der Waals surface area contributed by atoms with Crippen molar-refractivity contribution in [2.24, 2.45) is 5.10 Å². The summed E-state index contributed by atoms with van der Waals surface area (Å²) in [5.74, 6) is 0.0716. The molecule has 0 unspecified atom stereocenters. The number of aromatic hydroxyl groups is 1. The summed E-state index contributed by atoms with van der Waals surface area (Å²) in [5, 5.41) is 14.3. The summed E-state index contributed by atoms with van der Waals surface area (Å²) < 4.78 is 4.69. The Morgan fingerprint density at radius 1 is 1.35 bits per heavy atom. The molecule has 2 aromatic rings. The van der Waals surface area contributed by atoms with Gasteiger partial charge in [0.15, 0.2) is 0 Å². The number of carbonyl (C=O) groups excluding carboxylic acids is 1. The molecule has 0 bridgehead atoms. The largest absolute Gasteiger partial charge is 0.507 e. The van der Waals surface area contributed by atoms with Gasteiger partial charge in [0.05, 0.1) is 12.8 Å². The van der Waals surface area contributed by atoms with Crippen molar-refractivity contribution in [1.82, 2.24) is 5.43 Å². The lowest BCUT2D eigenvalue weighted by molar-refractivity contribution is 0.152. The molecule has 0 fully saturated rings. The first-order valence-corrected chi connectivity index (χ1v) is 7.49. The molecule has 0 aliphatic carbocycles. The second kappa shape index (κ2) is 8.19. The van der Waals surface area contributed by atoms with E-state index in [1.54, 1.807) is 19.1 Å². The standard InChI is InChI=1S/C17H17ClN2O3/c1-2-23-17(22)20-19-11-14-10-12(7-8-16(14)21)9-13-5-3-4-6-15(13)18/h3-8,10-11,21H,2,9H2,1H3,(H,20,22)/b19-11-. The lowest BCUT2D eigenvalue weighted by Crippen LogP contribution is -2.18. The predicted molar refractivity (Wildman–Crippen MR) is 90.1 cm³/mol. The molecule has 5 nitrogen and oxygen atoms in total. The molecule has 0 heterocycles. The number of hydrazone groups is 1. The van der Waals surface area contributed by atoms with Crippen LogP contribution in [0.5, 0.6) is 5.75 Å². The zero-order valence-electron chi connectivity index (χ0n) is 12.6. The Balaban J connectivity index is 2.11. The number of phenols is 1. The van der Waals surface area contributed by atoms with Gasteiger partial charge in [-0.2, -0.15) is 5.10 Å². The van der Waals surface area contributed by atoms with Crippen molar-refractivity contribution in [3.05, 3.63) is 64.2 Å². The van der Waals surface area contributed by atoms with E-state index >= 15 is 0 Å². The smallest absolute Gasteiger partial charge is 0.427 e. The Hall–Kier alpha value is -2.53. The number of nitrogens with one attached hydrogen (secondary N) is 1. The fraction of sp³-hybridized carbons (Fsp3) is 0.176. The second-order valence-electron chi connectivity index (χ2n) is 4.75. The van der Waals surface area contributed by atoms with Crippen molar-refractivity contribution >= 4 is 23.9 Å². The van der Waals surface area contributed by atoms with E-state index in [0.717, 1.165) is 11.1 Å². The van der Waals surface area contributed by atoms with Gasteiger partial charge in [-0.05, 0) is 42.7 Å². The van der Waals surface area contributed by atoms with Crippen LogP contribution in [-0.4, -0.2) is 24.0 Å². The van der Waals surface area contributed by atoms with Gasteiger partial charge in [-0.15, -0.1) is 0 Å². The van der Waals surface area contributed by atoms with Crippen LogP contribution in [0.3, 0.4) is 0 Å². The molecule has 0 aliphatic rings. The van der Waals surface area contributed by atoms with E-state index < -0.39 is 6.09 Å². The van der Waals surface area contributed by atoms with Gasteiger partial charge in [-0.3, -0.25) is 0 Å². The predicted octanol–water partition coefficient (Wildman–Crippen LogP) is 3.72. The molecule has 0 spiro atoms. The van der Waals surface area contributed by atoms with Crippen LogP contribution in [-0.2, 0) is 11.2 Å². The van der Waals surface area contributed by atoms with Crippen molar-refractivity contribution in [3.8, 4) is 5.75 Å². The molecular formula is C17H17ClN2O3. The number of phenolic OH excluding ortho intramolecular Hbond substituents is 1. The van der Waals surface area contributed by atoms with Gasteiger partial charge in [-0.1, -0.05) is 35.9 Å². The normalized spacial score (nSPS) is 10.7. The minimum absolute atomic E-state index is 0.0716. The zero-order valence-corrected chi connectivity index (χ0v) is 13.4. The number of ether oxygens (including phenoxy) is 1. The van der Waals surface area contributed by atoms with Crippen LogP contribution in [0.1, 0.15) is 23.6 Å². The molecule has 2 rings (SSSR count). The molecule has 23 heavy (non-hydrogen) atoms. The highest BCUT2D eigenvalue weighted by atomic mass is 35.5. The van der Waals surface area contributed by atoms with Crippen LogP contribution in [0, 0.1) is 0 Å². The summed E-state index contributed by atoms with van der Waals surface area (Å²) in [6.45, 7) is 1.97. The maximum absolute atomic E-state index is 11.1. The van der Waals surface area contributed by atoms with Gasteiger partial charge >= 0.3 is 6.09 Å². The third-order valence-electron chi connectivity index (χ3n) is 3.08. The topological polar surface area (TPSA) is 70.9 Å². The van der Waals surface area contributed by atoms with Crippen molar-refractivity contribution in [1.29, 1.82) is 0 Å². The summed E-state index contributed by atoms with van der Waals surface area (Å²) in [5.41, 5.74) is 4.66. The van der Waals surface area contributed by atoms with Crippen LogP contribution in [0.25, 0.3) is 0 Å². The van der Waals surface area contributed by atoms with E-state index in [1.807, 2.05) is 30.3 Å². The number of amides is 1. The van der Waals surface area contributed by atoms with E-state index in [1.165, 1.54) is 6.21 Å². The molecular weight excluding hydrogens is 316 g/mol. The average molecular weight is 333 g/mol. The fourth-order valence-corrected chi connectivity index (χ4v) is 2.20. The lowest BCUT2D eigenvalue weighted by Gasteiger charge is -2.06. The van der Waals surface area contributed by atoms with Gasteiger partial charge in [0, 0.05) is 10.6 Å². The van der Waals surface area contributed by atoms with Crippen LogP contribution >= 0.6 is 11.6 Å². The minimum Gasteiger partial charge on any atom is -0.507 e. The average Bonchev–Trinajstić information content (AvgIpc) is 2.53. The number of hydrogen-bond donors (Lipinski definition) is 2. The van der Waals surface area contributed by atoms with Gasteiger partial charge in [0.2, 0.25) is 0 Å². The van der Waals surface area contributed by atoms with Gasteiger partial charge < -0.3 is 9.84 Å². The Morgan fingerprint density at radius 2 is 2.13 bits per heavy atom. The summed E-state index contributed by atoms with van der Waals surface area (Å²) in [4.78, 5) is 11.1. The summed E-state index contributed by atoms with van der Waals surface area (Å²) >= 11 is 6.16. The van der Waals surface area contributed by atoms with Gasteiger partial charge in [0.1, 0.15) is 5.75 Å². The van der Waals surface area contributed by atoms with Crippen LogP contribution in [0.2, 0.25) is 5.02 Å². The molecule has 120 valence electrons. The molecule has 2 aromatic carbocycles. The molecule has 0 aromatic heterocycles. The second-order valence-corrected chi connectivity index (χ2v) is 5.16. The van der Waals surface area contributed by atoms with E-state index in [0.29, 0.717) is 17.0 Å². The first-order valence-electron chi connectivity index (χ1n) is 7.11. The van der Waals surface area contributed by atoms with Crippen LogP contribution in [0.15, 0.2) is 47.6 Å². The maximum atomic E-state index is 11.1. The highest BCUT2D eigenvalue weighted by Gasteiger charge is 2.05. The van der Waals surface area contributed by atoms with E-state index in [2.05, 4.69) is 15.3 Å². The zero-order chi connectivity index (χ0) is 16.7. The number of carbonyl (C=O) groups is 1. The SMILES string of the molecule is CCOC(=O)N/N=C\c1cc(Cc2ccccc2Cl)ccc1O. The molecule has 0 saturated carbocycles. The molecule has 0 atom stereocenters. The number of halogens is 1. The van der Waals surface area contributed by atoms with E-state index in [-0.39, 0.29) is 12.4 Å². The summed E-state index contributed by atoms with van der Waals surface area (Å²) in [6.07, 6.45) is 1.35. The van der Waals surface area contributed by atoms with Crippen molar-refractivity contribution < 1.29 is 14.6 Å². The fourth-order valence-electron chi connectivity index (χ4n) is 2.00. The molecule has 1 amide bonds. The minimum atomic E-state index is -0.643.